The Morgan fingerprint density at radius 1 is 1.44 bits per heavy atom. The van der Waals surface area contributed by atoms with Crippen LogP contribution in [0.4, 0.5) is 4.79 Å². The highest BCUT2D eigenvalue weighted by Crippen LogP contribution is 2.15. The van der Waals surface area contributed by atoms with E-state index in [1.807, 2.05) is 20.8 Å². The summed E-state index contributed by atoms with van der Waals surface area (Å²) in [5, 5.41) is 15.0. The zero-order valence-electron chi connectivity index (χ0n) is 10.2. The second kappa shape index (κ2) is 5.50. The predicted octanol–water partition coefficient (Wildman–Crippen LogP) is 0.339. The minimum atomic E-state index is -0.464. The number of rotatable bonds is 3. The largest absolute Gasteiger partial charge is 0.444 e. The summed E-state index contributed by atoms with van der Waals surface area (Å²) in [5.74, 6) is 0.521. The van der Waals surface area contributed by atoms with Gasteiger partial charge in [-0.2, -0.15) is 0 Å². The van der Waals surface area contributed by atoms with Crippen molar-refractivity contribution < 1.29 is 14.6 Å². The molecule has 1 fully saturated rings. The van der Waals surface area contributed by atoms with E-state index >= 15 is 0 Å². The Bertz CT molecular complexity index is 238. The van der Waals surface area contributed by atoms with Gasteiger partial charge >= 0.3 is 6.09 Å². The summed E-state index contributed by atoms with van der Waals surface area (Å²) in [4.78, 5) is 11.4. The normalized spacial score (nSPS) is 25.5. The van der Waals surface area contributed by atoms with Crippen LogP contribution in [0, 0.1) is 11.8 Å². The Morgan fingerprint density at radius 2 is 2.06 bits per heavy atom. The molecular weight excluding hydrogens is 208 g/mol. The van der Waals surface area contributed by atoms with Gasteiger partial charge in [0.05, 0.1) is 0 Å². The SMILES string of the molecule is CC(C)(C)OC(=O)NC[C@@H]1CNC[C@H]1CO. The second-order valence-electron chi connectivity index (χ2n) is 5.24. The van der Waals surface area contributed by atoms with E-state index in [1.54, 1.807) is 0 Å². The monoisotopic (exact) mass is 230 g/mol. The standard InChI is InChI=1S/C11H22N2O3/c1-11(2,3)16-10(15)13-6-8-4-12-5-9(8)7-14/h8-9,12,14H,4-7H2,1-3H3,(H,13,15)/t8-,9-/m0/s1. The minimum Gasteiger partial charge on any atom is -0.444 e. The minimum absolute atomic E-state index is 0.160. The number of alkyl carbamates (subject to hydrolysis) is 1. The zero-order chi connectivity index (χ0) is 12.2. The summed E-state index contributed by atoms with van der Waals surface area (Å²) in [7, 11) is 0. The Labute approximate surface area is 96.6 Å². The number of carbonyl (C=O) groups excluding carboxylic acids is 1. The summed E-state index contributed by atoms with van der Waals surface area (Å²) >= 11 is 0. The van der Waals surface area contributed by atoms with Gasteiger partial charge < -0.3 is 20.5 Å². The molecule has 16 heavy (non-hydrogen) atoms. The lowest BCUT2D eigenvalue weighted by Gasteiger charge is -2.21. The van der Waals surface area contributed by atoms with Crippen LogP contribution in [0.25, 0.3) is 0 Å². The van der Waals surface area contributed by atoms with Crippen LogP contribution in [0.5, 0.6) is 0 Å². The lowest BCUT2D eigenvalue weighted by molar-refractivity contribution is 0.0513. The molecular formula is C11H22N2O3. The number of amides is 1. The van der Waals surface area contributed by atoms with Crippen molar-refractivity contribution in [3.05, 3.63) is 0 Å². The Kier molecular flexibility index (Phi) is 4.56. The topological polar surface area (TPSA) is 70.6 Å². The van der Waals surface area contributed by atoms with Crippen LogP contribution in [-0.2, 0) is 4.74 Å². The highest BCUT2D eigenvalue weighted by molar-refractivity contribution is 5.67. The van der Waals surface area contributed by atoms with Crippen LogP contribution in [-0.4, -0.2) is 43.0 Å². The fourth-order valence-electron chi connectivity index (χ4n) is 1.77. The fraction of sp³-hybridized carbons (Fsp3) is 0.909. The quantitative estimate of drug-likeness (QED) is 0.654. The summed E-state index contributed by atoms with van der Waals surface area (Å²) in [6, 6.07) is 0. The number of hydrogen-bond acceptors (Lipinski definition) is 4. The van der Waals surface area contributed by atoms with Crippen LogP contribution in [0.15, 0.2) is 0 Å². The first-order valence-electron chi connectivity index (χ1n) is 5.71. The van der Waals surface area contributed by atoms with E-state index in [1.165, 1.54) is 0 Å². The van der Waals surface area contributed by atoms with Gasteiger partial charge in [0.15, 0.2) is 0 Å². The molecule has 0 unspecified atom stereocenters. The maximum atomic E-state index is 11.4. The lowest BCUT2D eigenvalue weighted by atomic mass is 9.97. The molecule has 1 aliphatic rings. The van der Waals surface area contributed by atoms with Crippen LogP contribution < -0.4 is 10.6 Å². The van der Waals surface area contributed by atoms with Gasteiger partial charge in [0, 0.05) is 32.2 Å². The van der Waals surface area contributed by atoms with Crippen molar-refractivity contribution in [2.75, 3.05) is 26.2 Å². The van der Waals surface area contributed by atoms with Crippen molar-refractivity contribution in [2.45, 2.75) is 26.4 Å². The third-order valence-electron chi connectivity index (χ3n) is 2.62. The Hall–Kier alpha value is -0.810. The molecule has 0 radical (unpaired) electrons. The van der Waals surface area contributed by atoms with Crippen molar-refractivity contribution in [3.63, 3.8) is 0 Å². The van der Waals surface area contributed by atoms with Crippen LogP contribution in [0.1, 0.15) is 20.8 Å². The molecule has 1 heterocycles. The average Bonchev–Trinajstić information content (AvgIpc) is 2.59. The van der Waals surface area contributed by atoms with Gasteiger partial charge in [-0.1, -0.05) is 0 Å². The number of aliphatic hydroxyl groups excluding tert-OH is 1. The van der Waals surface area contributed by atoms with Crippen molar-refractivity contribution in [1.29, 1.82) is 0 Å². The van der Waals surface area contributed by atoms with E-state index in [0.29, 0.717) is 6.54 Å². The molecule has 94 valence electrons. The highest BCUT2D eigenvalue weighted by Gasteiger charge is 2.27. The van der Waals surface area contributed by atoms with E-state index in [0.717, 1.165) is 13.1 Å². The Balaban J connectivity index is 2.26. The third kappa shape index (κ3) is 4.37. The first kappa shape index (κ1) is 13.3. The smallest absolute Gasteiger partial charge is 0.407 e. The van der Waals surface area contributed by atoms with Crippen molar-refractivity contribution in [2.24, 2.45) is 11.8 Å². The molecule has 0 aromatic heterocycles. The molecule has 1 saturated heterocycles. The molecule has 3 N–H and O–H groups in total. The Morgan fingerprint density at radius 3 is 2.62 bits per heavy atom. The van der Waals surface area contributed by atoms with Crippen LogP contribution >= 0.6 is 0 Å². The molecule has 0 aliphatic carbocycles. The van der Waals surface area contributed by atoms with E-state index in [2.05, 4.69) is 10.6 Å². The molecule has 1 amide bonds. The number of nitrogens with one attached hydrogen (secondary N) is 2. The number of ether oxygens (including phenoxy) is 1. The van der Waals surface area contributed by atoms with Crippen molar-refractivity contribution in [3.8, 4) is 0 Å². The van der Waals surface area contributed by atoms with Gasteiger partial charge in [0.1, 0.15) is 5.60 Å². The lowest BCUT2D eigenvalue weighted by Crippen LogP contribution is -2.37. The second-order valence-corrected chi connectivity index (χ2v) is 5.24. The first-order chi connectivity index (χ1) is 7.42. The molecule has 2 atom stereocenters. The van der Waals surface area contributed by atoms with E-state index in [9.17, 15) is 4.79 Å². The molecule has 5 nitrogen and oxygen atoms in total. The van der Waals surface area contributed by atoms with E-state index in [-0.39, 0.29) is 18.4 Å². The van der Waals surface area contributed by atoms with Crippen LogP contribution in [0.3, 0.4) is 0 Å². The van der Waals surface area contributed by atoms with Gasteiger partial charge in [-0.3, -0.25) is 0 Å². The average molecular weight is 230 g/mol. The molecule has 0 bridgehead atoms. The van der Waals surface area contributed by atoms with Crippen molar-refractivity contribution in [1.82, 2.24) is 10.6 Å². The maximum Gasteiger partial charge on any atom is 0.407 e. The summed E-state index contributed by atoms with van der Waals surface area (Å²) in [5.41, 5.74) is -0.464. The molecule has 0 aromatic carbocycles. The molecule has 0 spiro atoms. The summed E-state index contributed by atoms with van der Waals surface area (Å²) < 4.78 is 5.13. The third-order valence-corrected chi connectivity index (χ3v) is 2.62. The zero-order valence-corrected chi connectivity index (χ0v) is 10.2. The molecule has 1 aliphatic heterocycles. The number of aliphatic hydroxyl groups is 1. The summed E-state index contributed by atoms with van der Waals surface area (Å²) in [6.07, 6.45) is -0.393. The molecule has 0 aromatic rings. The van der Waals surface area contributed by atoms with E-state index < -0.39 is 11.7 Å². The summed E-state index contributed by atoms with van der Waals surface area (Å²) in [6.45, 7) is 7.86. The highest BCUT2D eigenvalue weighted by atomic mass is 16.6. The first-order valence-corrected chi connectivity index (χ1v) is 5.71. The van der Waals surface area contributed by atoms with Gasteiger partial charge in [-0.05, 0) is 26.7 Å². The van der Waals surface area contributed by atoms with Crippen LogP contribution in [0.2, 0.25) is 0 Å². The maximum absolute atomic E-state index is 11.4. The molecule has 0 saturated carbocycles. The van der Waals surface area contributed by atoms with Gasteiger partial charge in [-0.25, -0.2) is 4.79 Å². The van der Waals surface area contributed by atoms with Gasteiger partial charge in [0.25, 0.3) is 0 Å². The predicted molar refractivity (Wildman–Crippen MR) is 61.2 cm³/mol. The van der Waals surface area contributed by atoms with E-state index in [4.69, 9.17) is 9.84 Å². The molecule has 5 heteroatoms. The fourth-order valence-corrected chi connectivity index (χ4v) is 1.77. The number of hydrogen-bond donors (Lipinski definition) is 3. The number of carbonyl (C=O) groups is 1. The van der Waals surface area contributed by atoms with Gasteiger partial charge in [0.2, 0.25) is 0 Å². The van der Waals surface area contributed by atoms with Gasteiger partial charge in [-0.15, -0.1) is 0 Å². The molecule has 1 rings (SSSR count). The van der Waals surface area contributed by atoms with Crippen molar-refractivity contribution >= 4 is 6.09 Å².